The van der Waals surface area contributed by atoms with E-state index in [0.717, 1.165) is 29.5 Å². The minimum absolute atomic E-state index is 0.122. The standard InChI is InChI=1S/C17H17FN2O4/c1-2-24-16(22)14-10-19(9-11-3-4-11)17(23)20(15(14)21)13-7-5-12(18)6-8-13/h5-8,10-11H,2-4,9H2,1H3. The first-order valence-corrected chi connectivity index (χ1v) is 7.80. The van der Waals surface area contributed by atoms with Crippen molar-refractivity contribution in [1.29, 1.82) is 0 Å². The molecule has 1 fully saturated rings. The van der Waals surface area contributed by atoms with Crippen LogP contribution < -0.4 is 11.2 Å². The summed E-state index contributed by atoms with van der Waals surface area (Å²) in [5, 5.41) is 0. The fraction of sp³-hybridized carbons (Fsp3) is 0.353. The van der Waals surface area contributed by atoms with Crippen molar-refractivity contribution >= 4 is 5.97 Å². The van der Waals surface area contributed by atoms with Crippen molar-refractivity contribution in [2.75, 3.05) is 6.61 Å². The van der Waals surface area contributed by atoms with Gasteiger partial charge in [-0.25, -0.2) is 18.5 Å². The number of carbonyl (C=O) groups is 1. The molecule has 0 N–H and O–H groups in total. The van der Waals surface area contributed by atoms with Crippen LogP contribution in [-0.4, -0.2) is 21.7 Å². The molecule has 0 atom stereocenters. The topological polar surface area (TPSA) is 70.3 Å². The molecular formula is C17H17FN2O4. The van der Waals surface area contributed by atoms with Crippen LogP contribution in [-0.2, 0) is 11.3 Å². The van der Waals surface area contributed by atoms with Crippen LogP contribution in [0.2, 0.25) is 0 Å². The van der Waals surface area contributed by atoms with Gasteiger partial charge in [-0.3, -0.25) is 9.36 Å². The lowest BCUT2D eigenvalue weighted by Crippen LogP contribution is -2.41. The van der Waals surface area contributed by atoms with Crippen LogP contribution in [0.15, 0.2) is 40.1 Å². The molecule has 0 bridgehead atoms. The van der Waals surface area contributed by atoms with Gasteiger partial charge in [-0.05, 0) is 49.9 Å². The molecule has 1 aromatic carbocycles. The summed E-state index contributed by atoms with van der Waals surface area (Å²) in [5.74, 6) is -0.883. The second kappa shape index (κ2) is 6.43. The summed E-state index contributed by atoms with van der Waals surface area (Å²) in [7, 11) is 0. The monoisotopic (exact) mass is 332 g/mol. The number of carbonyl (C=O) groups excluding carboxylic acids is 1. The van der Waals surface area contributed by atoms with E-state index in [0.29, 0.717) is 12.5 Å². The lowest BCUT2D eigenvalue weighted by atomic mass is 10.2. The lowest BCUT2D eigenvalue weighted by Gasteiger charge is -2.12. The second-order valence-corrected chi connectivity index (χ2v) is 5.76. The molecule has 24 heavy (non-hydrogen) atoms. The van der Waals surface area contributed by atoms with E-state index in [1.807, 2.05) is 0 Å². The van der Waals surface area contributed by atoms with E-state index in [4.69, 9.17) is 4.74 Å². The number of nitrogens with zero attached hydrogens (tertiary/aromatic N) is 2. The van der Waals surface area contributed by atoms with Crippen molar-refractivity contribution < 1.29 is 13.9 Å². The Hall–Kier alpha value is -2.70. The maximum Gasteiger partial charge on any atom is 0.345 e. The molecule has 0 unspecified atom stereocenters. The van der Waals surface area contributed by atoms with E-state index in [1.165, 1.54) is 22.9 Å². The van der Waals surface area contributed by atoms with Gasteiger partial charge in [0.05, 0.1) is 12.3 Å². The van der Waals surface area contributed by atoms with Crippen LogP contribution in [0.25, 0.3) is 5.69 Å². The Bertz CT molecular complexity index is 879. The summed E-state index contributed by atoms with van der Waals surface area (Å²) >= 11 is 0. The van der Waals surface area contributed by atoms with Gasteiger partial charge in [0.15, 0.2) is 0 Å². The summed E-state index contributed by atoms with van der Waals surface area (Å²) in [6.45, 7) is 2.19. The quantitative estimate of drug-likeness (QED) is 0.782. The Labute approximate surface area is 137 Å². The number of benzene rings is 1. The molecule has 0 aliphatic heterocycles. The second-order valence-electron chi connectivity index (χ2n) is 5.76. The minimum Gasteiger partial charge on any atom is -0.462 e. The van der Waals surface area contributed by atoms with Crippen LogP contribution in [0.1, 0.15) is 30.1 Å². The summed E-state index contributed by atoms with van der Waals surface area (Å²) in [5.41, 5.74) is -1.31. The van der Waals surface area contributed by atoms with E-state index < -0.39 is 23.0 Å². The molecule has 0 spiro atoms. The zero-order valence-electron chi connectivity index (χ0n) is 13.2. The summed E-state index contributed by atoms with van der Waals surface area (Å²) in [4.78, 5) is 37.3. The zero-order chi connectivity index (χ0) is 17.3. The molecular weight excluding hydrogens is 315 g/mol. The normalized spacial score (nSPS) is 13.8. The van der Waals surface area contributed by atoms with E-state index in [2.05, 4.69) is 0 Å². The lowest BCUT2D eigenvalue weighted by molar-refractivity contribution is 0.0522. The fourth-order valence-corrected chi connectivity index (χ4v) is 2.48. The number of aromatic nitrogens is 2. The van der Waals surface area contributed by atoms with Crippen LogP contribution in [0.5, 0.6) is 0 Å². The Balaban J connectivity index is 2.19. The highest BCUT2D eigenvalue weighted by Crippen LogP contribution is 2.30. The van der Waals surface area contributed by atoms with Crippen molar-refractivity contribution in [2.45, 2.75) is 26.3 Å². The predicted molar refractivity (Wildman–Crippen MR) is 84.9 cm³/mol. The first-order chi connectivity index (χ1) is 11.5. The molecule has 2 aromatic rings. The van der Waals surface area contributed by atoms with Gasteiger partial charge >= 0.3 is 11.7 Å². The number of hydrogen-bond donors (Lipinski definition) is 0. The first kappa shape index (κ1) is 16.2. The van der Waals surface area contributed by atoms with Gasteiger partial charge in [0.2, 0.25) is 0 Å². The molecule has 1 saturated carbocycles. The molecule has 1 aliphatic carbocycles. The van der Waals surface area contributed by atoms with E-state index in [1.54, 1.807) is 6.92 Å². The van der Waals surface area contributed by atoms with Crippen LogP contribution in [0, 0.1) is 11.7 Å². The molecule has 7 heteroatoms. The third-order valence-electron chi connectivity index (χ3n) is 3.89. The number of ether oxygens (including phenoxy) is 1. The number of halogens is 1. The fourth-order valence-electron chi connectivity index (χ4n) is 2.48. The molecule has 126 valence electrons. The van der Waals surface area contributed by atoms with Crippen molar-refractivity contribution in [3.8, 4) is 5.69 Å². The Morgan fingerprint density at radius 3 is 2.50 bits per heavy atom. The first-order valence-electron chi connectivity index (χ1n) is 7.80. The Kier molecular flexibility index (Phi) is 4.33. The minimum atomic E-state index is -0.775. The van der Waals surface area contributed by atoms with E-state index in [9.17, 15) is 18.8 Å². The van der Waals surface area contributed by atoms with Crippen molar-refractivity contribution in [2.24, 2.45) is 5.92 Å². The smallest absolute Gasteiger partial charge is 0.345 e. The highest BCUT2D eigenvalue weighted by atomic mass is 19.1. The van der Waals surface area contributed by atoms with Gasteiger partial charge in [0.25, 0.3) is 5.56 Å². The number of rotatable bonds is 5. The van der Waals surface area contributed by atoms with Crippen LogP contribution >= 0.6 is 0 Å². The molecule has 1 heterocycles. The maximum atomic E-state index is 13.1. The average molecular weight is 332 g/mol. The SMILES string of the molecule is CCOC(=O)c1cn(CC2CC2)c(=O)n(-c2ccc(F)cc2)c1=O. The highest BCUT2D eigenvalue weighted by Gasteiger charge is 2.25. The molecule has 1 aromatic heterocycles. The van der Waals surface area contributed by atoms with Crippen LogP contribution in [0.4, 0.5) is 4.39 Å². The third-order valence-corrected chi connectivity index (χ3v) is 3.89. The van der Waals surface area contributed by atoms with E-state index >= 15 is 0 Å². The van der Waals surface area contributed by atoms with Crippen molar-refractivity contribution in [3.63, 3.8) is 0 Å². The summed E-state index contributed by atoms with van der Waals surface area (Å²) in [6, 6.07) is 4.97. The third kappa shape index (κ3) is 3.15. The summed E-state index contributed by atoms with van der Waals surface area (Å²) in [6.07, 6.45) is 3.29. The maximum absolute atomic E-state index is 13.1. The Morgan fingerprint density at radius 2 is 1.92 bits per heavy atom. The van der Waals surface area contributed by atoms with Gasteiger partial charge in [-0.2, -0.15) is 0 Å². The molecule has 0 radical (unpaired) electrons. The zero-order valence-corrected chi connectivity index (χ0v) is 13.2. The van der Waals surface area contributed by atoms with E-state index in [-0.39, 0.29) is 17.9 Å². The van der Waals surface area contributed by atoms with Crippen LogP contribution in [0.3, 0.4) is 0 Å². The van der Waals surface area contributed by atoms with Crippen molar-refractivity contribution in [1.82, 2.24) is 9.13 Å². The van der Waals surface area contributed by atoms with Gasteiger partial charge in [0, 0.05) is 12.7 Å². The van der Waals surface area contributed by atoms with Gasteiger partial charge in [-0.15, -0.1) is 0 Å². The number of esters is 1. The van der Waals surface area contributed by atoms with Gasteiger partial charge in [0.1, 0.15) is 11.4 Å². The molecule has 6 nitrogen and oxygen atoms in total. The Morgan fingerprint density at radius 1 is 1.25 bits per heavy atom. The van der Waals surface area contributed by atoms with Gasteiger partial charge in [-0.1, -0.05) is 0 Å². The molecule has 0 saturated heterocycles. The predicted octanol–water partition coefficient (Wildman–Crippen LogP) is 1.72. The molecule has 3 rings (SSSR count). The average Bonchev–Trinajstić information content (AvgIpc) is 3.36. The largest absolute Gasteiger partial charge is 0.462 e. The molecule has 1 aliphatic rings. The molecule has 0 amide bonds. The van der Waals surface area contributed by atoms with Gasteiger partial charge < -0.3 is 4.74 Å². The number of hydrogen-bond acceptors (Lipinski definition) is 4. The van der Waals surface area contributed by atoms with Crippen molar-refractivity contribution in [3.05, 3.63) is 62.7 Å². The summed E-state index contributed by atoms with van der Waals surface area (Å²) < 4.78 is 20.3. The highest BCUT2D eigenvalue weighted by molar-refractivity contribution is 5.88.